The number of β-lactam (4-membered cyclic amide) rings is 1. The Morgan fingerprint density at radius 1 is 1.30 bits per heavy atom. The van der Waals surface area contributed by atoms with Gasteiger partial charge in [-0.2, -0.15) is 0 Å². The molecule has 0 radical (unpaired) electrons. The number of fused-ring (bicyclic) bond motifs is 1. The Kier molecular flexibility index (Phi) is 7.40. The second-order valence-electron chi connectivity index (χ2n) is 7.82. The van der Waals surface area contributed by atoms with Crippen LogP contribution in [0.25, 0.3) is 0 Å². The van der Waals surface area contributed by atoms with E-state index in [4.69, 9.17) is 25.5 Å². The van der Waals surface area contributed by atoms with E-state index in [1.54, 1.807) is 0 Å². The number of non-ortho nitro benzene ring substituents is 1. The van der Waals surface area contributed by atoms with Gasteiger partial charge in [-0.3, -0.25) is 29.4 Å². The topological polar surface area (TPSA) is 179 Å². The summed E-state index contributed by atoms with van der Waals surface area (Å²) in [7, 11) is 0. The van der Waals surface area contributed by atoms with Crippen LogP contribution in [0.1, 0.15) is 23.2 Å². The maximum absolute atomic E-state index is 12.7. The largest absolute Gasteiger partial charge is 0.484 e. The summed E-state index contributed by atoms with van der Waals surface area (Å²) in [6, 6.07) is 5.58. The van der Waals surface area contributed by atoms with Gasteiger partial charge in [-0.15, -0.1) is 11.8 Å². The number of thioether (sulfide) groups is 1. The summed E-state index contributed by atoms with van der Waals surface area (Å²) < 4.78 is 15.9. The molecule has 1 aromatic heterocycles. The van der Waals surface area contributed by atoms with Crippen LogP contribution in [0.15, 0.2) is 46.0 Å². The predicted molar refractivity (Wildman–Crippen MR) is 127 cm³/mol. The number of aliphatic carboxylic acids is 1. The standard InChI is InChI=1S/C22H18ClN3O10S/c1-10(27)34-7-11-9-37-21-17(20(29)25(21)18(11)22(30)31)24-19(28)16-5-3-13(36-16)8-35-15-4-2-12(26(32)33)6-14(15)23/h2-6,17,21H,7-9H2,1H3,(H,24,28)(H,30,31). The lowest BCUT2D eigenvalue weighted by atomic mass is 10.0. The molecule has 2 unspecified atom stereocenters. The molecule has 2 atom stereocenters. The van der Waals surface area contributed by atoms with Gasteiger partial charge in [0.1, 0.15) is 41.8 Å². The lowest BCUT2D eigenvalue weighted by Gasteiger charge is -2.49. The van der Waals surface area contributed by atoms with E-state index in [9.17, 15) is 34.4 Å². The van der Waals surface area contributed by atoms with Gasteiger partial charge >= 0.3 is 11.9 Å². The van der Waals surface area contributed by atoms with Crippen molar-refractivity contribution in [2.75, 3.05) is 12.4 Å². The number of nitrogens with one attached hydrogen (secondary N) is 1. The fourth-order valence-electron chi connectivity index (χ4n) is 3.64. The summed E-state index contributed by atoms with van der Waals surface area (Å²) in [5.74, 6) is -2.71. The number of nitro groups is 1. The van der Waals surface area contributed by atoms with Crippen molar-refractivity contribution in [2.24, 2.45) is 0 Å². The van der Waals surface area contributed by atoms with Crippen LogP contribution >= 0.6 is 23.4 Å². The number of carbonyl (C=O) groups excluding carboxylic acids is 3. The lowest BCUT2D eigenvalue weighted by molar-refractivity contribution is -0.384. The molecule has 0 spiro atoms. The molecule has 15 heteroatoms. The Morgan fingerprint density at radius 3 is 2.70 bits per heavy atom. The fourth-order valence-corrected chi connectivity index (χ4v) is 5.20. The molecule has 194 valence electrons. The number of hydrogen-bond donors (Lipinski definition) is 2. The lowest BCUT2D eigenvalue weighted by Crippen LogP contribution is -2.70. The molecule has 2 aromatic rings. The molecule has 1 aromatic carbocycles. The number of ether oxygens (including phenoxy) is 2. The molecular weight excluding hydrogens is 534 g/mol. The minimum Gasteiger partial charge on any atom is -0.484 e. The van der Waals surface area contributed by atoms with E-state index in [0.29, 0.717) is 0 Å². The van der Waals surface area contributed by atoms with Gasteiger partial charge in [0, 0.05) is 30.4 Å². The van der Waals surface area contributed by atoms with Crippen molar-refractivity contribution in [1.29, 1.82) is 0 Å². The first-order chi connectivity index (χ1) is 17.6. The maximum atomic E-state index is 12.7. The Morgan fingerprint density at radius 2 is 2.05 bits per heavy atom. The van der Waals surface area contributed by atoms with Crippen LogP contribution in [0.5, 0.6) is 5.75 Å². The number of carboxylic acid groups (broad SMARTS) is 1. The van der Waals surface area contributed by atoms with Crippen molar-refractivity contribution in [3.05, 3.63) is 68.3 Å². The van der Waals surface area contributed by atoms with Crippen molar-refractivity contribution < 1.29 is 43.1 Å². The minimum absolute atomic E-state index is 0.0301. The first kappa shape index (κ1) is 26.0. The highest BCUT2D eigenvalue weighted by molar-refractivity contribution is 8.00. The summed E-state index contributed by atoms with van der Waals surface area (Å²) in [6.45, 7) is 0.814. The highest BCUT2D eigenvalue weighted by Gasteiger charge is 2.54. The first-order valence-corrected chi connectivity index (χ1v) is 12.0. The molecule has 37 heavy (non-hydrogen) atoms. The molecule has 0 aliphatic carbocycles. The number of nitrogens with zero attached hydrogens (tertiary/aromatic N) is 2. The third-order valence-corrected chi connectivity index (χ3v) is 7.00. The average molecular weight is 552 g/mol. The zero-order valence-electron chi connectivity index (χ0n) is 19.0. The van der Waals surface area contributed by atoms with E-state index >= 15 is 0 Å². The van der Waals surface area contributed by atoms with Crippen LogP contribution in [0.3, 0.4) is 0 Å². The maximum Gasteiger partial charge on any atom is 0.352 e. The van der Waals surface area contributed by atoms with Gasteiger partial charge in [0.15, 0.2) is 5.76 Å². The van der Waals surface area contributed by atoms with E-state index in [1.807, 2.05) is 0 Å². The SMILES string of the molecule is CC(=O)OCC1=C(C(=O)O)N2C(=O)C(NC(=O)c3ccc(COc4ccc([N+](=O)[O-])cc4Cl)o3)C2SC1. The van der Waals surface area contributed by atoms with Gasteiger partial charge in [-0.05, 0) is 18.2 Å². The minimum atomic E-state index is -1.34. The van der Waals surface area contributed by atoms with Gasteiger partial charge in [0.05, 0.1) is 9.95 Å². The molecule has 2 N–H and O–H groups in total. The van der Waals surface area contributed by atoms with Crippen LogP contribution in [0.2, 0.25) is 5.02 Å². The molecule has 1 saturated heterocycles. The molecule has 0 bridgehead atoms. The van der Waals surface area contributed by atoms with Crippen LogP contribution < -0.4 is 10.1 Å². The number of rotatable bonds is 9. The number of carboxylic acids is 1. The highest BCUT2D eigenvalue weighted by atomic mass is 35.5. The second-order valence-corrected chi connectivity index (χ2v) is 9.34. The van der Waals surface area contributed by atoms with Gasteiger partial charge in [0.2, 0.25) is 0 Å². The van der Waals surface area contributed by atoms with Crippen LogP contribution in [0, 0.1) is 10.1 Å². The van der Waals surface area contributed by atoms with Crippen molar-refractivity contribution in [3.63, 3.8) is 0 Å². The highest BCUT2D eigenvalue weighted by Crippen LogP contribution is 2.40. The fraction of sp³-hybridized carbons (Fsp3) is 0.273. The molecule has 13 nitrogen and oxygen atoms in total. The van der Waals surface area contributed by atoms with Gasteiger partial charge in [-0.25, -0.2) is 4.79 Å². The Balaban J connectivity index is 1.37. The van der Waals surface area contributed by atoms with Crippen LogP contribution in [-0.4, -0.2) is 62.5 Å². The quantitative estimate of drug-likeness (QED) is 0.202. The number of halogens is 1. The third-order valence-electron chi connectivity index (χ3n) is 5.37. The Hall–Kier alpha value is -4.04. The molecule has 3 heterocycles. The summed E-state index contributed by atoms with van der Waals surface area (Å²) >= 11 is 7.22. The Labute approximate surface area is 217 Å². The number of carbonyl (C=O) groups is 4. The summed E-state index contributed by atoms with van der Waals surface area (Å²) in [6.07, 6.45) is 0. The van der Waals surface area contributed by atoms with Crippen molar-refractivity contribution >= 4 is 52.8 Å². The Bertz CT molecular complexity index is 1340. The van der Waals surface area contributed by atoms with Gasteiger partial charge in [0.25, 0.3) is 17.5 Å². The molecule has 1 fully saturated rings. The smallest absolute Gasteiger partial charge is 0.352 e. The van der Waals surface area contributed by atoms with E-state index < -0.39 is 40.1 Å². The number of amides is 2. The van der Waals surface area contributed by atoms with Crippen molar-refractivity contribution in [1.82, 2.24) is 10.2 Å². The zero-order chi connectivity index (χ0) is 26.9. The monoisotopic (exact) mass is 551 g/mol. The number of esters is 1. The molecular formula is C22H18ClN3O10S. The summed E-state index contributed by atoms with van der Waals surface area (Å²) in [5, 5.41) is 22.3. The molecule has 0 saturated carbocycles. The van der Waals surface area contributed by atoms with E-state index in [0.717, 1.165) is 11.0 Å². The second kappa shape index (κ2) is 10.5. The number of nitro benzene ring substituents is 1. The summed E-state index contributed by atoms with van der Waals surface area (Å²) in [4.78, 5) is 59.5. The van der Waals surface area contributed by atoms with E-state index in [1.165, 1.54) is 43.0 Å². The van der Waals surface area contributed by atoms with E-state index in [2.05, 4.69) is 5.32 Å². The number of furan rings is 1. The van der Waals surface area contributed by atoms with E-state index in [-0.39, 0.29) is 58.2 Å². The number of hydrogen-bond acceptors (Lipinski definition) is 10. The third kappa shape index (κ3) is 5.39. The van der Waals surface area contributed by atoms with Crippen LogP contribution in [0.4, 0.5) is 5.69 Å². The van der Waals surface area contributed by atoms with Gasteiger partial charge < -0.3 is 24.3 Å². The first-order valence-electron chi connectivity index (χ1n) is 10.6. The van der Waals surface area contributed by atoms with Crippen molar-refractivity contribution in [3.8, 4) is 5.75 Å². The predicted octanol–water partition coefficient (Wildman–Crippen LogP) is 2.34. The molecule has 2 aliphatic heterocycles. The zero-order valence-corrected chi connectivity index (χ0v) is 20.5. The summed E-state index contributed by atoms with van der Waals surface area (Å²) in [5.41, 5.74) is -0.171. The van der Waals surface area contributed by atoms with Gasteiger partial charge in [-0.1, -0.05) is 11.6 Å². The molecule has 2 aliphatic rings. The number of benzene rings is 1. The van der Waals surface area contributed by atoms with Crippen LogP contribution in [-0.2, 0) is 25.7 Å². The normalized spacial score (nSPS) is 18.5. The molecule has 4 rings (SSSR count). The molecule has 2 amide bonds. The average Bonchev–Trinajstić information content (AvgIpc) is 3.33. The van der Waals surface area contributed by atoms with Crippen molar-refractivity contribution in [2.45, 2.75) is 24.9 Å².